The number of aromatic nitrogens is 4. The molecule has 14 heteroatoms. The van der Waals surface area contributed by atoms with E-state index in [1.54, 1.807) is 93.7 Å². The van der Waals surface area contributed by atoms with Crippen molar-refractivity contribution in [3.05, 3.63) is 278 Å². The number of fused-ring (bicyclic) bond motifs is 14. The maximum absolute atomic E-state index is 16.6. The minimum atomic E-state index is -0.453. The van der Waals surface area contributed by atoms with Gasteiger partial charge in [-0.3, -0.25) is 37.6 Å². The normalized spacial score (nSPS) is 12.9. The van der Waals surface area contributed by atoms with Crippen molar-refractivity contribution in [1.82, 2.24) is 18.8 Å². The first-order valence-corrected chi connectivity index (χ1v) is 35.8. The molecule has 0 spiro atoms. The van der Waals surface area contributed by atoms with Gasteiger partial charge in [-0.15, -0.1) is 0 Å². The molecular formula is C92H70N4O10. The van der Waals surface area contributed by atoms with E-state index in [0.717, 1.165) is 22.3 Å². The molecule has 19 rings (SSSR count). The van der Waals surface area contributed by atoms with Gasteiger partial charge in [-0.25, -0.2) is 0 Å². The lowest BCUT2D eigenvalue weighted by Crippen LogP contribution is -2.16. The van der Waals surface area contributed by atoms with Crippen LogP contribution in [0.15, 0.2) is 223 Å². The Labute approximate surface area is 604 Å². The number of nitrogens with one attached hydrogen (secondary N) is 2. The predicted octanol–water partition coefficient (Wildman–Crippen LogP) is 21.0. The van der Waals surface area contributed by atoms with E-state index in [4.69, 9.17) is 18.9 Å². The molecule has 0 aliphatic carbocycles. The Morgan fingerprint density at radius 2 is 0.500 bits per heavy atom. The lowest BCUT2D eigenvalue weighted by atomic mass is 9.84. The van der Waals surface area contributed by atoms with Crippen molar-refractivity contribution in [2.75, 3.05) is 0 Å². The summed E-state index contributed by atoms with van der Waals surface area (Å²) < 4.78 is 33.2. The molecule has 0 amide bonds. The molecule has 0 saturated heterocycles. The van der Waals surface area contributed by atoms with Gasteiger partial charge < -0.3 is 28.9 Å². The third-order valence-electron chi connectivity index (χ3n) is 21.9. The molecule has 4 heterocycles. The highest BCUT2D eigenvalue weighted by atomic mass is 16.5. The number of benzene rings is 15. The third-order valence-corrected chi connectivity index (χ3v) is 21.9. The second kappa shape index (κ2) is 21.9. The minimum Gasteiger partial charge on any atom is -0.457 e. The Hall–Kier alpha value is -12.7. The molecule has 4 aromatic heterocycles. The Balaban J connectivity index is 1.05. The standard InChI is InChI=1S/C92H70N4O10/c1-89(2,3)45-21-29-49(30-22-45)103-69-41-61-73-63(87(101)95-67-39-59-57(37-65(67)93-85(61)95)81(97)53-17-13-15-19-55(53)83(59)99)43-71(105-51-33-25-47(26-34-51)91(7,8)9)77-78-72(106-52-35-27-48(28-36-52)92(10,11)12)44-64-74-62(42-70(76(80(74)78)75(69)79(73)77)104-50-31-23-46(24-32-50)90(4,5)6)86-94-66-38-58-60(40-68(66)96(86)88(64)102)84(100)56-20-16-14-18-54(56)82(58)98/h13-44,93-94H,1-12H3. The molecule has 0 radical (unpaired) electrons. The van der Waals surface area contributed by atoms with Gasteiger partial charge in [-0.05, 0) is 141 Å². The van der Waals surface area contributed by atoms with Crippen LogP contribution in [0.2, 0.25) is 0 Å². The van der Waals surface area contributed by atoms with Gasteiger partial charge in [-0.1, -0.05) is 180 Å². The summed E-state index contributed by atoms with van der Waals surface area (Å²) in [5, 5.41) is 7.52. The van der Waals surface area contributed by atoms with Crippen LogP contribution >= 0.6 is 0 Å². The number of ether oxygens (including phenoxy) is 4. The van der Waals surface area contributed by atoms with Gasteiger partial charge in [0, 0.05) is 97.0 Å². The van der Waals surface area contributed by atoms with Crippen molar-refractivity contribution in [3.63, 3.8) is 0 Å². The SMILES string of the molecule is CC(C)(C)c1ccc(Oc2cc3c(=O)n4c5cc6c(=O)c7ccccc7c(=O)c6cc5[nH]c4c4cc(Oc5ccc(C(C)(C)C)cc5)c5c6c(Oc7ccc(C(C)(C)C)cc7)cc7c8c(cc(Oc9ccc(C(C)(C)C)cc9)c(c2c5c34)c68)c(=O)n2c3cc4c(=O)c5ccccc5c(=O)c4cc3[nH]c72)cc1. The van der Waals surface area contributed by atoms with E-state index in [1.807, 2.05) is 84.9 Å². The van der Waals surface area contributed by atoms with Gasteiger partial charge in [0.05, 0.1) is 32.8 Å². The maximum Gasteiger partial charge on any atom is 0.264 e. The highest BCUT2D eigenvalue weighted by Crippen LogP contribution is 2.58. The first-order valence-electron chi connectivity index (χ1n) is 35.8. The van der Waals surface area contributed by atoms with Crippen LogP contribution in [0.5, 0.6) is 46.0 Å². The molecule has 0 fully saturated rings. The summed E-state index contributed by atoms with van der Waals surface area (Å²) in [6.45, 7) is 25.8. The van der Waals surface area contributed by atoms with Crippen LogP contribution in [0.4, 0.5) is 0 Å². The fourth-order valence-corrected chi connectivity index (χ4v) is 16.3. The van der Waals surface area contributed by atoms with Crippen LogP contribution in [-0.2, 0) is 21.7 Å². The average Bonchev–Trinajstić information content (AvgIpc) is 1.58. The van der Waals surface area contributed by atoms with Crippen LogP contribution in [0.25, 0.3) is 141 Å². The van der Waals surface area contributed by atoms with E-state index in [-0.39, 0.29) is 98.0 Å². The van der Waals surface area contributed by atoms with Crippen LogP contribution in [0.3, 0.4) is 0 Å². The van der Waals surface area contributed by atoms with Gasteiger partial charge in [0.25, 0.3) is 11.1 Å². The van der Waals surface area contributed by atoms with Crippen LogP contribution in [0, 0.1) is 0 Å². The molecule has 518 valence electrons. The first kappa shape index (κ1) is 64.2. The summed E-state index contributed by atoms with van der Waals surface area (Å²) in [4.78, 5) is 98.8. The van der Waals surface area contributed by atoms with Crippen LogP contribution in [-0.4, -0.2) is 18.8 Å². The number of nitrogens with zero attached hydrogens (tertiary/aromatic N) is 2. The van der Waals surface area contributed by atoms with Crippen LogP contribution < -0.4 is 51.8 Å². The first-order chi connectivity index (χ1) is 50.5. The van der Waals surface area contributed by atoms with E-state index in [0.29, 0.717) is 132 Å². The molecule has 0 aliphatic rings. The number of H-pyrrole nitrogens is 2. The zero-order chi connectivity index (χ0) is 73.4. The third kappa shape index (κ3) is 9.41. The summed E-state index contributed by atoms with van der Waals surface area (Å²) in [7, 11) is 0. The van der Waals surface area contributed by atoms with E-state index in [1.165, 1.54) is 0 Å². The largest absolute Gasteiger partial charge is 0.457 e. The molecule has 106 heavy (non-hydrogen) atoms. The van der Waals surface area contributed by atoms with Gasteiger partial charge >= 0.3 is 0 Å². The van der Waals surface area contributed by atoms with Crippen molar-refractivity contribution in [2.24, 2.45) is 0 Å². The fourth-order valence-electron chi connectivity index (χ4n) is 16.3. The fraction of sp³-hybridized carbons (Fsp3) is 0.174. The quantitative estimate of drug-likeness (QED) is 0.110. The second-order valence-corrected chi connectivity index (χ2v) is 32.7. The lowest BCUT2D eigenvalue weighted by molar-refractivity contribution is 0.482. The van der Waals surface area contributed by atoms with Crippen molar-refractivity contribution in [3.8, 4) is 46.0 Å². The summed E-state index contributed by atoms with van der Waals surface area (Å²) >= 11 is 0. The van der Waals surface area contributed by atoms with Crippen LogP contribution in [0.1, 0.15) is 105 Å². The highest BCUT2D eigenvalue weighted by molar-refractivity contribution is 6.45. The summed E-state index contributed by atoms with van der Waals surface area (Å²) in [5.41, 5.74) is 3.50. The zero-order valence-corrected chi connectivity index (χ0v) is 60.5. The van der Waals surface area contributed by atoms with Crippen molar-refractivity contribution in [2.45, 2.75) is 105 Å². The number of hydrogen-bond acceptors (Lipinski definition) is 10. The average molecular weight is 1390 g/mol. The van der Waals surface area contributed by atoms with Gasteiger partial charge in [0.15, 0.2) is 21.7 Å². The molecule has 2 N–H and O–H groups in total. The Morgan fingerprint density at radius 3 is 0.755 bits per heavy atom. The molecule has 0 aliphatic heterocycles. The monoisotopic (exact) mass is 1390 g/mol. The Kier molecular flexibility index (Phi) is 13.3. The number of imidazole rings is 2. The molecular weight excluding hydrogens is 1320 g/mol. The van der Waals surface area contributed by atoms with Crippen molar-refractivity contribution in [1.29, 1.82) is 0 Å². The molecule has 0 atom stereocenters. The zero-order valence-electron chi connectivity index (χ0n) is 60.5. The number of pyridine rings is 2. The number of aromatic amines is 2. The maximum atomic E-state index is 16.6. The molecule has 0 saturated carbocycles. The molecule has 0 bridgehead atoms. The molecule has 14 nitrogen and oxygen atoms in total. The summed E-state index contributed by atoms with van der Waals surface area (Å²) in [6.07, 6.45) is 0. The minimum absolute atomic E-state index is 0.171. The van der Waals surface area contributed by atoms with E-state index >= 15 is 9.59 Å². The Morgan fingerprint density at radius 1 is 0.255 bits per heavy atom. The number of rotatable bonds is 8. The molecule has 0 unspecified atom stereocenters. The van der Waals surface area contributed by atoms with Crippen molar-refractivity contribution >= 4 is 141 Å². The summed E-state index contributed by atoms with van der Waals surface area (Å²) in [5.74, 6) is 3.03. The second-order valence-electron chi connectivity index (χ2n) is 32.7. The van der Waals surface area contributed by atoms with E-state index in [2.05, 4.69) is 117 Å². The van der Waals surface area contributed by atoms with Gasteiger partial charge in [-0.2, -0.15) is 0 Å². The van der Waals surface area contributed by atoms with E-state index in [9.17, 15) is 19.2 Å². The number of hydrogen-bond donors (Lipinski definition) is 2. The van der Waals surface area contributed by atoms with Gasteiger partial charge in [0.1, 0.15) is 57.3 Å². The topological polar surface area (TPSA) is 180 Å². The molecule has 15 aromatic carbocycles. The summed E-state index contributed by atoms with van der Waals surface area (Å²) in [6, 6.07) is 59.5. The highest BCUT2D eigenvalue weighted by Gasteiger charge is 2.34. The van der Waals surface area contributed by atoms with Gasteiger partial charge in [0.2, 0.25) is 0 Å². The van der Waals surface area contributed by atoms with Crippen molar-refractivity contribution < 1.29 is 18.9 Å². The lowest BCUT2D eigenvalue weighted by Gasteiger charge is -2.26. The van der Waals surface area contributed by atoms with E-state index < -0.39 is 11.1 Å². The predicted molar refractivity (Wildman–Crippen MR) is 430 cm³/mol. The smallest absolute Gasteiger partial charge is 0.264 e. The molecule has 19 aromatic rings. The Bertz CT molecular complexity index is 6990.